The number of hydrogen-bond donors (Lipinski definition) is 2. The third kappa shape index (κ3) is 3.92. The second-order valence-corrected chi connectivity index (χ2v) is 7.51. The van der Waals surface area contributed by atoms with Gasteiger partial charge in [0.15, 0.2) is 0 Å². The highest BCUT2D eigenvalue weighted by atomic mass is 19.4. The van der Waals surface area contributed by atoms with Crippen molar-refractivity contribution in [3.8, 4) is 11.4 Å². The lowest BCUT2D eigenvalue weighted by Gasteiger charge is -2.31. The lowest BCUT2D eigenvalue weighted by molar-refractivity contribution is -0.137. The van der Waals surface area contributed by atoms with Gasteiger partial charge in [0.1, 0.15) is 18.1 Å². The number of rotatable bonds is 5. The molecular weight excluding hydrogens is 427 g/mol. The molecule has 4 aromatic rings. The van der Waals surface area contributed by atoms with Gasteiger partial charge in [-0.2, -0.15) is 18.2 Å². The summed E-state index contributed by atoms with van der Waals surface area (Å²) >= 11 is 0. The molecule has 1 aliphatic rings. The summed E-state index contributed by atoms with van der Waals surface area (Å²) in [6.45, 7) is 0.780. The fraction of sp³-hybridized carbons (Fsp3) is 0.286. The van der Waals surface area contributed by atoms with E-state index in [1.165, 1.54) is 12.1 Å². The average molecular weight is 445 g/mol. The lowest BCUT2D eigenvalue weighted by Crippen LogP contribution is -2.34. The van der Waals surface area contributed by atoms with E-state index in [-0.39, 0.29) is 18.5 Å². The zero-order chi connectivity index (χ0) is 22.3. The maximum atomic E-state index is 12.8. The van der Waals surface area contributed by atoms with Crippen molar-refractivity contribution >= 4 is 0 Å². The van der Waals surface area contributed by atoms with Crippen LogP contribution in [-0.4, -0.2) is 30.1 Å². The van der Waals surface area contributed by atoms with Crippen LogP contribution < -0.4 is 0 Å². The number of nitrogens with zero attached hydrogens (tertiary/aromatic N) is 4. The fourth-order valence-corrected chi connectivity index (χ4v) is 3.79. The minimum absolute atomic E-state index is 0.186. The predicted molar refractivity (Wildman–Crippen MR) is 104 cm³/mol. The molecule has 8 nitrogen and oxygen atoms in total. The van der Waals surface area contributed by atoms with Crippen molar-refractivity contribution in [2.45, 2.75) is 38.3 Å². The van der Waals surface area contributed by atoms with Crippen LogP contribution in [0.3, 0.4) is 0 Å². The molecule has 0 spiro atoms. The molecule has 1 unspecified atom stereocenters. The van der Waals surface area contributed by atoms with Gasteiger partial charge < -0.3 is 19.0 Å². The number of benzene rings is 1. The van der Waals surface area contributed by atoms with Crippen LogP contribution in [0.4, 0.5) is 13.2 Å². The topological polar surface area (TPSA) is 104 Å². The molecule has 0 amide bonds. The van der Waals surface area contributed by atoms with E-state index in [2.05, 4.69) is 25.0 Å². The summed E-state index contributed by atoms with van der Waals surface area (Å²) in [6, 6.07) is 7.83. The van der Waals surface area contributed by atoms with Crippen LogP contribution in [0.1, 0.15) is 40.4 Å². The van der Waals surface area contributed by atoms with E-state index in [4.69, 9.17) is 8.94 Å². The van der Waals surface area contributed by atoms with Gasteiger partial charge >= 0.3 is 6.18 Å². The minimum atomic E-state index is -4.41. The molecule has 0 fully saturated rings. The molecule has 11 heteroatoms. The summed E-state index contributed by atoms with van der Waals surface area (Å²) in [5.41, 5.74) is 1.54. The predicted octanol–water partition coefficient (Wildman–Crippen LogP) is 3.86. The molecule has 5 rings (SSSR count). The number of aliphatic hydroxyl groups is 1. The van der Waals surface area contributed by atoms with Gasteiger partial charge in [-0.05, 0) is 24.3 Å². The fourth-order valence-electron chi connectivity index (χ4n) is 3.79. The van der Waals surface area contributed by atoms with Crippen LogP contribution >= 0.6 is 0 Å². The number of furan rings is 1. The van der Waals surface area contributed by atoms with Crippen molar-refractivity contribution in [2.75, 3.05) is 0 Å². The Labute approximate surface area is 179 Å². The van der Waals surface area contributed by atoms with Gasteiger partial charge in [-0.3, -0.25) is 4.90 Å². The number of fused-ring (bicyclic) bond motifs is 1. The molecule has 3 aromatic heterocycles. The van der Waals surface area contributed by atoms with Gasteiger partial charge in [-0.25, -0.2) is 4.98 Å². The lowest BCUT2D eigenvalue weighted by atomic mass is 10.0. The number of alkyl halides is 3. The highest BCUT2D eigenvalue weighted by Crippen LogP contribution is 2.34. The number of aromatic amines is 1. The number of nitrogens with one attached hydrogen (secondary N) is 1. The molecule has 0 radical (unpaired) electrons. The number of aromatic nitrogens is 4. The molecule has 4 heterocycles. The largest absolute Gasteiger partial charge is 0.462 e. The summed E-state index contributed by atoms with van der Waals surface area (Å²) in [6.07, 6.45) is -2.27. The normalized spacial score (nSPS) is 16.9. The molecule has 166 valence electrons. The average Bonchev–Trinajstić information content (AvgIpc) is 3.53. The first-order valence-electron chi connectivity index (χ1n) is 9.85. The van der Waals surface area contributed by atoms with Crippen molar-refractivity contribution < 1.29 is 27.2 Å². The number of halogens is 3. The third-order valence-corrected chi connectivity index (χ3v) is 5.43. The highest BCUT2D eigenvalue weighted by Gasteiger charge is 2.34. The van der Waals surface area contributed by atoms with Crippen LogP contribution in [0.25, 0.3) is 11.4 Å². The second kappa shape index (κ2) is 7.92. The van der Waals surface area contributed by atoms with E-state index in [0.717, 1.165) is 23.5 Å². The summed E-state index contributed by atoms with van der Waals surface area (Å²) in [4.78, 5) is 14.0. The van der Waals surface area contributed by atoms with E-state index < -0.39 is 11.7 Å². The quantitative estimate of drug-likeness (QED) is 0.481. The maximum Gasteiger partial charge on any atom is 0.416 e. The summed E-state index contributed by atoms with van der Waals surface area (Å²) in [5.74, 6) is 1.69. The van der Waals surface area contributed by atoms with Crippen LogP contribution in [0.2, 0.25) is 0 Å². The molecule has 1 aromatic carbocycles. The summed E-state index contributed by atoms with van der Waals surface area (Å²) in [7, 11) is 0. The second-order valence-electron chi connectivity index (χ2n) is 7.51. The zero-order valence-electron chi connectivity index (χ0n) is 16.6. The van der Waals surface area contributed by atoms with Gasteiger partial charge in [0.05, 0.1) is 35.9 Å². The SMILES string of the molecule is OCc1ccc(CN2Cc3[nH]cnc3CC2c2nc(-c3ccc(C(F)(F)F)cc3)no2)o1. The van der Waals surface area contributed by atoms with Gasteiger partial charge in [0.25, 0.3) is 0 Å². The van der Waals surface area contributed by atoms with E-state index in [1.54, 1.807) is 18.5 Å². The molecular formula is C21H18F3N5O3. The molecule has 0 saturated carbocycles. The van der Waals surface area contributed by atoms with Crippen LogP contribution in [-0.2, 0) is 32.3 Å². The Morgan fingerprint density at radius 1 is 1.12 bits per heavy atom. The number of imidazole rings is 1. The van der Waals surface area contributed by atoms with Crippen LogP contribution in [0, 0.1) is 0 Å². The van der Waals surface area contributed by atoms with Crippen LogP contribution in [0.15, 0.2) is 51.7 Å². The van der Waals surface area contributed by atoms with E-state index >= 15 is 0 Å². The van der Waals surface area contributed by atoms with Crippen molar-refractivity contribution in [1.82, 2.24) is 25.0 Å². The Balaban J connectivity index is 1.42. The van der Waals surface area contributed by atoms with E-state index in [1.807, 2.05) is 0 Å². The van der Waals surface area contributed by atoms with Gasteiger partial charge in [-0.15, -0.1) is 0 Å². The molecule has 1 aliphatic heterocycles. The zero-order valence-corrected chi connectivity index (χ0v) is 16.6. The first-order chi connectivity index (χ1) is 15.4. The Kier molecular flexibility index (Phi) is 5.06. The Morgan fingerprint density at radius 2 is 1.91 bits per heavy atom. The molecule has 0 bridgehead atoms. The monoisotopic (exact) mass is 445 g/mol. The van der Waals surface area contributed by atoms with E-state index in [9.17, 15) is 18.3 Å². The molecule has 1 atom stereocenters. The van der Waals surface area contributed by atoms with Crippen molar-refractivity contribution in [3.05, 3.63) is 77.1 Å². The smallest absolute Gasteiger partial charge is 0.416 e. The first-order valence-corrected chi connectivity index (χ1v) is 9.85. The Morgan fingerprint density at radius 3 is 2.62 bits per heavy atom. The van der Waals surface area contributed by atoms with Crippen LogP contribution in [0.5, 0.6) is 0 Å². The highest BCUT2D eigenvalue weighted by molar-refractivity contribution is 5.55. The van der Waals surface area contributed by atoms with Crippen molar-refractivity contribution in [3.63, 3.8) is 0 Å². The van der Waals surface area contributed by atoms with E-state index in [0.29, 0.717) is 42.5 Å². The maximum absolute atomic E-state index is 12.8. The summed E-state index contributed by atoms with van der Waals surface area (Å²) in [5, 5.41) is 13.2. The third-order valence-electron chi connectivity index (χ3n) is 5.43. The molecule has 32 heavy (non-hydrogen) atoms. The number of H-pyrrole nitrogens is 1. The number of aliphatic hydroxyl groups excluding tert-OH is 1. The Bertz CT molecular complexity index is 1210. The standard InChI is InChI=1S/C21H18F3N5O3/c22-21(23,24)13-3-1-12(2-4-13)19-27-20(32-28-19)18-7-16-17(26-11-25-16)9-29(18)8-14-5-6-15(10-30)31-14/h1-6,11,18,30H,7-10H2,(H,25,26). The van der Waals surface area contributed by atoms with Crippen molar-refractivity contribution in [2.24, 2.45) is 0 Å². The molecule has 2 N–H and O–H groups in total. The Hall–Kier alpha value is -3.44. The first kappa shape index (κ1) is 20.5. The van der Waals surface area contributed by atoms with Gasteiger partial charge in [-0.1, -0.05) is 17.3 Å². The summed E-state index contributed by atoms with van der Waals surface area (Å²) < 4.78 is 49.6. The van der Waals surface area contributed by atoms with Gasteiger partial charge in [0, 0.05) is 18.5 Å². The number of hydrogen-bond acceptors (Lipinski definition) is 7. The van der Waals surface area contributed by atoms with Gasteiger partial charge in [0.2, 0.25) is 11.7 Å². The van der Waals surface area contributed by atoms with Crippen molar-refractivity contribution in [1.29, 1.82) is 0 Å². The minimum Gasteiger partial charge on any atom is -0.462 e. The molecule has 0 aliphatic carbocycles. The molecule has 0 saturated heterocycles.